The van der Waals surface area contributed by atoms with Gasteiger partial charge in [-0.2, -0.15) is 0 Å². The Bertz CT molecular complexity index is 438. The van der Waals surface area contributed by atoms with Crippen LogP contribution in [0.15, 0.2) is 0 Å². The minimum atomic E-state index is -0.619. The van der Waals surface area contributed by atoms with Gasteiger partial charge >= 0.3 is 5.97 Å². The van der Waals surface area contributed by atoms with Crippen LogP contribution < -0.4 is 0 Å². The van der Waals surface area contributed by atoms with Crippen molar-refractivity contribution in [3.63, 3.8) is 0 Å². The topological polar surface area (TPSA) is 54.0 Å². The Kier molecular flexibility index (Phi) is 2.73. The highest BCUT2D eigenvalue weighted by atomic mass is 17.2. The van der Waals surface area contributed by atoms with Gasteiger partial charge in [-0.1, -0.05) is 13.8 Å². The van der Waals surface area contributed by atoms with Gasteiger partial charge in [-0.25, -0.2) is 9.78 Å². The Morgan fingerprint density at radius 3 is 2.75 bits per heavy atom. The van der Waals surface area contributed by atoms with E-state index >= 15 is 0 Å². The molecule has 2 bridgehead atoms. The third-order valence-corrected chi connectivity index (χ3v) is 6.01. The maximum absolute atomic E-state index is 12.1. The first-order chi connectivity index (χ1) is 9.54. The molecule has 4 saturated heterocycles. The van der Waals surface area contributed by atoms with Gasteiger partial charge in [0.25, 0.3) is 0 Å². The lowest BCUT2D eigenvalue weighted by molar-refractivity contribution is -0.459. The quantitative estimate of drug-likeness (QED) is 0.503. The van der Waals surface area contributed by atoms with E-state index in [4.69, 9.17) is 19.2 Å². The summed E-state index contributed by atoms with van der Waals surface area (Å²) < 4.78 is 11.6. The van der Waals surface area contributed by atoms with Gasteiger partial charge in [0.1, 0.15) is 6.10 Å². The summed E-state index contributed by atoms with van der Waals surface area (Å²) in [6.07, 6.45) is 2.23. The van der Waals surface area contributed by atoms with Gasteiger partial charge < -0.3 is 9.47 Å². The lowest BCUT2D eigenvalue weighted by atomic mass is 9.58. The molecular weight excluding hydrogens is 260 g/mol. The van der Waals surface area contributed by atoms with Gasteiger partial charge in [0.2, 0.25) is 6.29 Å². The van der Waals surface area contributed by atoms with Crippen LogP contribution >= 0.6 is 0 Å². The van der Waals surface area contributed by atoms with Gasteiger partial charge in [-0.3, -0.25) is 4.79 Å². The molecule has 5 rings (SSSR count). The van der Waals surface area contributed by atoms with Gasteiger partial charge in [-0.15, -0.1) is 0 Å². The van der Waals surface area contributed by atoms with Crippen LogP contribution in [0.4, 0.5) is 0 Å². The zero-order valence-electron chi connectivity index (χ0n) is 12.2. The average Bonchev–Trinajstić information content (AvgIpc) is 2.63. The monoisotopic (exact) mass is 282 g/mol. The van der Waals surface area contributed by atoms with Crippen LogP contribution in [-0.4, -0.2) is 30.1 Å². The first-order valence-electron chi connectivity index (χ1n) is 7.74. The van der Waals surface area contributed by atoms with Crippen LogP contribution in [0.3, 0.4) is 0 Å². The van der Waals surface area contributed by atoms with Crippen molar-refractivity contribution in [2.45, 2.75) is 64.1 Å². The van der Waals surface area contributed by atoms with Crippen LogP contribution in [0.5, 0.6) is 0 Å². The predicted octanol–water partition coefficient (Wildman–Crippen LogP) is 2.05. The van der Waals surface area contributed by atoms with Crippen molar-refractivity contribution in [1.29, 1.82) is 0 Å². The van der Waals surface area contributed by atoms with E-state index in [0.717, 1.165) is 19.3 Å². The largest absolute Gasteiger partial charge is 0.432 e. The second-order valence-corrected chi connectivity index (χ2v) is 6.97. The molecule has 5 fully saturated rings. The number of carbonyl (C=O) groups excluding carboxylic acids is 1. The van der Waals surface area contributed by atoms with Crippen molar-refractivity contribution in [3.8, 4) is 0 Å². The Morgan fingerprint density at radius 1 is 1.15 bits per heavy atom. The van der Waals surface area contributed by atoms with E-state index in [0.29, 0.717) is 11.8 Å². The summed E-state index contributed by atoms with van der Waals surface area (Å²) in [5.41, 5.74) is -0.605. The molecule has 4 heterocycles. The molecule has 112 valence electrons. The van der Waals surface area contributed by atoms with Crippen molar-refractivity contribution in [1.82, 2.24) is 0 Å². The molecule has 5 heteroatoms. The summed E-state index contributed by atoms with van der Waals surface area (Å²) in [7, 11) is 0. The molecule has 0 N–H and O–H groups in total. The molecule has 0 amide bonds. The van der Waals surface area contributed by atoms with Crippen LogP contribution in [0.2, 0.25) is 0 Å². The van der Waals surface area contributed by atoms with Gasteiger partial charge in [0.05, 0.1) is 12.0 Å². The fourth-order valence-electron chi connectivity index (χ4n) is 4.75. The normalized spacial score (nSPS) is 57.8. The number of hydrogen-bond donors (Lipinski definition) is 0. The van der Waals surface area contributed by atoms with Gasteiger partial charge in [0, 0.05) is 11.8 Å². The molecule has 20 heavy (non-hydrogen) atoms. The van der Waals surface area contributed by atoms with Crippen molar-refractivity contribution in [2.24, 2.45) is 23.7 Å². The minimum absolute atomic E-state index is 0.0635. The van der Waals surface area contributed by atoms with Gasteiger partial charge in [0.15, 0.2) is 5.60 Å². The summed E-state index contributed by atoms with van der Waals surface area (Å²) in [6, 6.07) is 0. The summed E-state index contributed by atoms with van der Waals surface area (Å²) in [5, 5.41) is 0. The minimum Gasteiger partial charge on any atom is -0.432 e. The van der Waals surface area contributed by atoms with E-state index in [1.165, 1.54) is 0 Å². The molecule has 8 atom stereocenters. The molecule has 8 unspecified atom stereocenters. The smallest absolute Gasteiger partial charge is 0.311 e. The molecule has 0 aromatic carbocycles. The molecule has 0 aromatic rings. The highest BCUT2D eigenvalue weighted by molar-refractivity contribution is 5.74. The Morgan fingerprint density at radius 2 is 1.95 bits per heavy atom. The summed E-state index contributed by atoms with van der Waals surface area (Å²) in [4.78, 5) is 23.7. The van der Waals surface area contributed by atoms with Crippen molar-refractivity contribution in [3.05, 3.63) is 0 Å². The van der Waals surface area contributed by atoms with Crippen molar-refractivity contribution in [2.75, 3.05) is 0 Å². The zero-order valence-corrected chi connectivity index (χ0v) is 12.2. The molecule has 5 nitrogen and oxygen atoms in total. The maximum atomic E-state index is 12.1. The number of hydrogen-bond acceptors (Lipinski definition) is 5. The lowest BCUT2D eigenvalue weighted by Crippen LogP contribution is -2.67. The molecule has 1 aliphatic carbocycles. The van der Waals surface area contributed by atoms with Crippen LogP contribution in [0, 0.1) is 23.7 Å². The van der Waals surface area contributed by atoms with Crippen LogP contribution in [0.1, 0.15) is 40.0 Å². The fourth-order valence-corrected chi connectivity index (χ4v) is 4.75. The predicted molar refractivity (Wildman–Crippen MR) is 68.3 cm³/mol. The van der Waals surface area contributed by atoms with E-state index < -0.39 is 11.9 Å². The maximum Gasteiger partial charge on any atom is 0.311 e. The number of esters is 1. The van der Waals surface area contributed by atoms with Crippen LogP contribution in [-0.2, 0) is 24.0 Å². The second kappa shape index (κ2) is 4.18. The zero-order chi connectivity index (χ0) is 14.1. The van der Waals surface area contributed by atoms with E-state index in [9.17, 15) is 4.79 Å². The van der Waals surface area contributed by atoms with Crippen LogP contribution in [0.25, 0.3) is 0 Å². The van der Waals surface area contributed by atoms with Crippen molar-refractivity contribution < 1.29 is 24.0 Å². The molecule has 0 radical (unpaired) electrons. The van der Waals surface area contributed by atoms with Crippen molar-refractivity contribution >= 4 is 5.97 Å². The SMILES string of the molecule is CC1CCC2C(C)C(=O)OC3OC(C)C4CC1C32OO4. The lowest BCUT2D eigenvalue weighted by Gasteiger charge is -2.56. The molecule has 4 aliphatic heterocycles. The first kappa shape index (κ1) is 13.0. The Hall–Kier alpha value is -0.650. The fraction of sp³-hybridized carbons (Fsp3) is 0.933. The van der Waals surface area contributed by atoms with E-state index in [-0.39, 0.29) is 30.0 Å². The number of rotatable bonds is 0. The van der Waals surface area contributed by atoms with E-state index in [1.807, 2.05) is 13.8 Å². The standard InChI is InChI=1S/C15H22O5/c1-7-4-5-10-8(2)13(16)18-14-15(10)11(7)6-12(19-20-15)9(3)17-14/h7-12,14H,4-6H2,1-3H3. The average molecular weight is 282 g/mol. The number of carbonyl (C=O) groups is 1. The second-order valence-electron chi connectivity index (χ2n) is 6.97. The third-order valence-electron chi connectivity index (χ3n) is 6.01. The summed E-state index contributed by atoms with van der Waals surface area (Å²) in [5.74, 6) is 0.684. The number of ether oxygens (including phenoxy) is 2. The summed E-state index contributed by atoms with van der Waals surface area (Å²) in [6.45, 7) is 6.17. The van der Waals surface area contributed by atoms with E-state index in [1.54, 1.807) is 0 Å². The molecular formula is C15H22O5. The highest BCUT2D eigenvalue weighted by Gasteiger charge is 2.69. The third kappa shape index (κ3) is 1.46. The number of fused-ring (bicyclic) bond motifs is 2. The Balaban J connectivity index is 1.83. The summed E-state index contributed by atoms with van der Waals surface area (Å²) >= 11 is 0. The van der Waals surface area contributed by atoms with E-state index in [2.05, 4.69) is 6.92 Å². The Labute approximate surface area is 118 Å². The molecule has 5 aliphatic rings. The molecule has 1 saturated carbocycles. The highest BCUT2D eigenvalue weighted by Crippen LogP contribution is 2.58. The molecule has 1 spiro atoms. The first-order valence-corrected chi connectivity index (χ1v) is 7.74. The van der Waals surface area contributed by atoms with Gasteiger partial charge in [-0.05, 0) is 32.1 Å². The molecule has 0 aromatic heterocycles.